The SMILES string of the molecule is COCc1ccc(C2(C(F)(F)F)CC2)cc1. The number of alkyl halides is 3. The predicted octanol–water partition coefficient (Wildman–Crippen LogP) is 3.43. The Labute approximate surface area is 92.2 Å². The highest BCUT2D eigenvalue weighted by Crippen LogP contribution is 2.58. The van der Waals surface area contributed by atoms with Crippen molar-refractivity contribution in [3.8, 4) is 0 Å². The molecule has 1 aliphatic rings. The van der Waals surface area contributed by atoms with Crippen LogP contribution < -0.4 is 0 Å². The van der Waals surface area contributed by atoms with E-state index in [2.05, 4.69) is 0 Å². The molecule has 0 amide bonds. The minimum absolute atomic E-state index is 0.208. The van der Waals surface area contributed by atoms with Gasteiger partial charge in [0.15, 0.2) is 0 Å². The lowest BCUT2D eigenvalue weighted by atomic mass is 9.94. The second-order valence-corrected chi connectivity index (χ2v) is 4.21. The van der Waals surface area contributed by atoms with Crippen LogP contribution in [0.15, 0.2) is 24.3 Å². The first-order valence-corrected chi connectivity index (χ1v) is 5.15. The van der Waals surface area contributed by atoms with Crippen molar-refractivity contribution in [3.05, 3.63) is 35.4 Å². The molecule has 0 aromatic heterocycles. The fraction of sp³-hybridized carbons (Fsp3) is 0.500. The third-order valence-electron chi connectivity index (χ3n) is 3.11. The van der Waals surface area contributed by atoms with Gasteiger partial charge in [0.25, 0.3) is 0 Å². The fourth-order valence-electron chi connectivity index (χ4n) is 1.95. The maximum atomic E-state index is 12.8. The number of hydrogen-bond donors (Lipinski definition) is 0. The maximum Gasteiger partial charge on any atom is 0.398 e. The highest BCUT2D eigenvalue weighted by Gasteiger charge is 2.64. The molecular weight excluding hydrogens is 217 g/mol. The van der Waals surface area contributed by atoms with Crippen LogP contribution in [0, 0.1) is 0 Å². The Balaban J connectivity index is 2.22. The van der Waals surface area contributed by atoms with E-state index >= 15 is 0 Å². The molecule has 0 N–H and O–H groups in total. The summed E-state index contributed by atoms with van der Waals surface area (Å²) in [5.41, 5.74) is -0.303. The Morgan fingerprint density at radius 1 is 1.19 bits per heavy atom. The van der Waals surface area contributed by atoms with Gasteiger partial charge in [-0.3, -0.25) is 0 Å². The maximum absolute atomic E-state index is 12.8. The molecular formula is C12H13F3O. The summed E-state index contributed by atoms with van der Waals surface area (Å²) in [6.07, 6.45) is -3.71. The molecule has 1 aromatic rings. The molecule has 0 saturated heterocycles. The van der Waals surface area contributed by atoms with Crippen molar-refractivity contribution >= 4 is 0 Å². The van der Waals surface area contributed by atoms with Crippen LogP contribution in [0.1, 0.15) is 24.0 Å². The van der Waals surface area contributed by atoms with Crippen LogP contribution in [0.5, 0.6) is 0 Å². The van der Waals surface area contributed by atoms with Crippen LogP contribution in [0.3, 0.4) is 0 Å². The largest absolute Gasteiger partial charge is 0.398 e. The van der Waals surface area contributed by atoms with E-state index < -0.39 is 11.6 Å². The average Bonchev–Trinajstić information content (AvgIpc) is 2.99. The number of methoxy groups -OCH3 is 1. The molecule has 1 saturated carbocycles. The standard InChI is InChI=1S/C12H13F3O/c1-16-8-9-2-4-10(5-3-9)11(6-7-11)12(13,14)15/h2-5H,6-8H2,1H3. The monoisotopic (exact) mass is 230 g/mol. The predicted molar refractivity (Wildman–Crippen MR) is 54.1 cm³/mol. The quantitative estimate of drug-likeness (QED) is 0.773. The number of ether oxygens (including phenoxy) is 1. The first-order chi connectivity index (χ1) is 7.49. The van der Waals surface area contributed by atoms with Crippen LogP contribution in [0.2, 0.25) is 0 Å². The molecule has 0 aliphatic heterocycles. The van der Waals surface area contributed by atoms with Crippen molar-refractivity contribution in [1.29, 1.82) is 0 Å². The zero-order valence-electron chi connectivity index (χ0n) is 8.97. The van der Waals surface area contributed by atoms with E-state index in [1.54, 1.807) is 31.4 Å². The molecule has 0 bridgehead atoms. The molecule has 0 heterocycles. The van der Waals surface area contributed by atoms with Gasteiger partial charge in [0.05, 0.1) is 12.0 Å². The van der Waals surface area contributed by atoms with Gasteiger partial charge in [-0.15, -0.1) is 0 Å². The van der Waals surface area contributed by atoms with Gasteiger partial charge in [-0.1, -0.05) is 24.3 Å². The van der Waals surface area contributed by atoms with Crippen LogP contribution in [0.25, 0.3) is 0 Å². The van der Waals surface area contributed by atoms with Gasteiger partial charge in [-0.25, -0.2) is 0 Å². The molecule has 1 aliphatic carbocycles. The van der Waals surface area contributed by atoms with Crippen LogP contribution in [-0.4, -0.2) is 13.3 Å². The summed E-state index contributed by atoms with van der Waals surface area (Å²) >= 11 is 0. The summed E-state index contributed by atoms with van der Waals surface area (Å²) < 4.78 is 43.3. The van der Waals surface area contributed by atoms with E-state index in [1.165, 1.54) is 0 Å². The van der Waals surface area contributed by atoms with E-state index in [-0.39, 0.29) is 12.8 Å². The third-order valence-corrected chi connectivity index (χ3v) is 3.11. The topological polar surface area (TPSA) is 9.23 Å². The van der Waals surface area contributed by atoms with Crippen LogP contribution in [0.4, 0.5) is 13.2 Å². The molecule has 1 fully saturated rings. The molecule has 1 aromatic carbocycles. The van der Waals surface area contributed by atoms with E-state index in [4.69, 9.17) is 4.74 Å². The van der Waals surface area contributed by atoms with Crippen LogP contribution >= 0.6 is 0 Å². The van der Waals surface area contributed by atoms with Crippen molar-refractivity contribution in [2.45, 2.75) is 31.0 Å². The Kier molecular flexibility index (Phi) is 2.70. The second kappa shape index (κ2) is 3.77. The van der Waals surface area contributed by atoms with Crippen molar-refractivity contribution in [2.24, 2.45) is 0 Å². The summed E-state index contributed by atoms with van der Waals surface area (Å²) in [5, 5.41) is 0. The van der Waals surface area contributed by atoms with E-state index in [0.29, 0.717) is 12.2 Å². The molecule has 2 rings (SSSR count). The Morgan fingerprint density at radius 3 is 2.12 bits per heavy atom. The number of rotatable bonds is 3. The third kappa shape index (κ3) is 1.82. The molecule has 4 heteroatoms. The Bertz CT molecular complexity index is 363. The Hall–Kier alpha value is -1.03. The molecule has 0 radical (unpaired) electrons. The lowest BCUT2D eigenvalue weighted by Crippen LogP contribution is -2.28. The van der Waals surface area contributed by atoms with Crippen LogP contribution in [-0.2, 0) is 16.8 Å². The average molecular weight is 230 g/mol. The molecule has 0 atom stereocenters. The van der Waals surface area contributed by atoms with Gasteiger partial charge < -0.3 is 4.74 Å². The lowest BCUT2D eigenvalue weighted by Gasteiger charge is -2.19. The molecule has 88 valence electrons. The zero-order valence-corrected chi connectivity index (χ0v) is 8.97. The minimum atomic E-state index is -4.13. The smallest absolute Gasteiger partial charge is 0.380 e. The Morgan fingerprint density at radius 2 is 1.75 bits per heavy atom. The van der Waals surface area contributed by atoms with Crippen molar-refractivity contribution < 1.29 is 17.9 Å². The lowest BCUT2D eigenvalue weighted by molar-refractivity contribution is -0.160. The molecule has 16 heavy (non-hydrogen) atoms. The van der Waals surface area contributed by atoms with Gasteiger partial charge in [-0.2, -0.15) is 13.2 Å². The summed E-state index contributed by atoms with van der Waals surface area (Å²) in [7, 11) is 1.56. The zero-order chi connectivity index (χ0) is 11.8. The van der Waals surface area contributed by atoms with Gasteiger partial charge in [0.1, 0.15) is 0 Å². The minimum Gasteiger partial charge on any atom is -0.380 e. The fourth-order valence-corrected chi connectivity index (χ4v) is 1.95. The van der Waals surface area contributed by atoms with Gasteiger partial charge >= 0.3 is 6.18 Å². The molecule has 1 nitrogen and oxygen atoms in total. The van der Waals surface area contributed by atoms with Gasteiger partial charge in [-0.05, 0) is 24.0 Å². The summed E-state index contributed by atoms with van der Waals surface area (Å²) in [6.45, 7) is 0.430. The van der Waals surface area contributed by atoms with Crippen molar-refractivity contribution in [3.63, 3.8) is 0 Å². The summed E-state index contributed by atoms with van der Waals surface area (Å²) in [4.78, 5) is 0. The highest BCUT2D eigenvalue weighted by atomic mass is 19.4. The van der Waals surface area contributed by atoms with Gasteiger partial charge in [0, 0.05) is 7.11 Å². The second-order valence-electron chi connectivity index (χ2n) is 4.21. The molecule has 0 unspecified atom stereocenters. The molecule has 0 spiro atoms. The first kappa shape index (κ1) is 11.5. The summed E-state index contributed by atoms with van der Waals surface area (Å²) in [5.74, 6) is 0. The van der Waals surface area contributed by atoms with Gasteiger partial charge in [0.2, 0.25) is 0 Å². The van der Waals surface area contributed by atoms with E-state index in [9.17, 15) is 13.2 Å². The number of halogens is 3. The van der Waals surface area contributed by atoms with E-state index in [0.717, 1.165) is 5.56 Å². The number of hydrogen-bond acceptors (Lipinski definition) is 1. The number of benzene rings is 1. The van der Waals surface area contributed by atoms with E-state index in [1.807, 2.05) is 0 Å². The van der Waals surface area contributed by atoms with Crippen molar-refractivity contribution in [1.82, 2.24) is 0 Å². The normalized spacial score (nSPS) is 18.5. The first-order valence-electron chi connectivity index (χ1n) is 5.15. The highest BCUT2D eigenvalue weighted by molar-refractivity contribution is 5.35. The summed E-state index contributed by atoms with van der Waals surface area (Å²) in [6, 6.07) is 6.53. The van der Waals surface area contributed by atoms with Crippen molar-refractivity contribution in [2.75, 3.05) is 7.11 Å².